The van der Waals surface area contributed by atoms with Crippen molar-refractivity contribution in [3.05, 3.63) is 53.1 Å². The summed E-state index contributed by atoms with van der Waals surface area (Å²) < 4.78 is 10.4. The van der Waals surface area contributed by atoms with Crippen LogP contribution in [-0.2, 0) is 9.47 Å². The van der Waals surface area contributed by atoms with Gasteiger partial charge in [0.2, 0.25) is 0 Å². The lowest BCUT2D eigenvalue weighted by molar-refractivity contribution is 0.0776. The fraction of sp³-hybridized carbons (Fsp3) is 0.235. The summed E-state index contributed by atoms with van der Waals surface area (Å²) in [5.74, 6) is 0.0618. The summed E-state index contributed by atoms with van der Waals surface area (Å²) in [5, 5.41) is 2.14. The third-order valence-electron chi connectivity index (χ3n) is 3.49. The standard InChI is InChI=1S/C17H16O3/c1-19-8-9-20-11-14-10-13-6-2-4-12-5-3-7-15(16(12)13)17(14)18/h2-7,10H,8-9,11H2,1H3. The number of Topliss-reactive ketones (excluding diaryl/α,β-unsaturated/α-hetero) is 1. The quantitative estimate of drug-likeness (QED) is 0.782. The first-order chi connectivity index (χ1) is 9.81. The number of ketones is 1. The monoisotopic (exact) mass is 268 g/mol. The number of hydrogen-bond acceptors (Lipinski definition) is 3. The van der Waals surface area contributed by atoms with Gasteiger partial charge < -0.3 is 9.47 Å². The Bertz CT molecular complexity index is 680. The summed E-state index contributed by atoms with van der Waals surface area (Å²) in [6.45, 7) is 1.35. The Kier molecular flexibility index (Phi) is 3.63. The zero-order valence-electron chi connectivity index (χ0n) is 11.4. The molecule has 0 spiro atoms. The van der Waals surface area contributed by atoms with Crippen LogP contribution in [0.15, 0.2) is 42.0 Å². The molecule has 102 valence electrons. The van der Waals surface area contributed by atoms with Crippen molar-refractivity contribution in [3.63, 3.8) is 0 Å². The van der Waals surface area contributed by atoms with E-state index in [1.807, 2.05) is 42.5 Å². The molecule has 2 aromatic rings. The van der Waals surface area contributed by atoms with E-state index in [1.54, 1.807) is 7.11 Å². The smallest absolute Gasteiger partial charge is 0.192 e. The maximum absolute atomic E-state index is 12.5. The summed E-state index contributed by atoms with van der Waals surface area (Å²) in [5.41, 5.74) is 2.56. The molecule has 0 atom stereocenters. The Balaban J connectivity index is 1.94. The molecule has 0 unspecified atom stereocenters. The van der Waals surface area contributed by atoms with Crippen LogP contribution < -0.4 is 0 Å². The lowest BCUT2D eigenvalue weighted by Gasteiger charge is -2.17. The fourth-order valence-corrected chi connectivity index (χ4v) is 2.54. The molecule has 1 aliphatic carbocycles. The van der Waals surface area contributed by atoms with E-state index >= 15 is 0 Å². The zero-order valence-corrected chi connectivity index (χ0v) is 11.4. The van der Waals surface area contributed by atoms with Gasteiger partial charge in [0.15, 0.2) is 5.78 Å². The van der Waals surface area contributed by atoms with Gasteiger partial charge in [0.1, 0.15) is 0 Å². The molecule has 0 amide bonds. The van der Waals surface area contributed by atoms with E-state index in [0.717, 1.165) is 21.9 Å². The topological polar surface area (TPSA) is 35.5 Å². The van der Waals surface area contributed by atoms with Gasteiger partial charge >= 0.3 is 0 Å². The maximum atomic E-state index is 12.5. The van der Waals surface area contributed by atoms with Crippen LogP contribution in [-0.4, -0.2) is 32.7 Å². The van der Waals surface area contributed by atoms with Crippen molar-refractivity contribution >= 4 is 22.6 Å². The predicted molar refractivity (Wildman–Crippen MR) is 79.0 cm³/mol. The minimum absolute atomic E-state index is 0.0618. The minimum Gasteiger partial charge on any atom is -0.382 e. The van der Waals surface area contributed by atoms with Crippen LogP contribution >= 0.6 is 0 Å². The molecule has 0 saturated heterocycles. The first kappa shape index (κ1) is 13.0. The lowest BCUT2D eigenvalue weighted by atomic mass is 9.88. The zero-order chi connectivity index (χ0) is 13.9. The number of ether oxygens (including phenoxy) is 2. The highest BCUT2D eigenvalue weighted by molar-refractivity contribution is 6.22. The summed E-state index contributed by atoms with van der Waals surface area (Å²) >= 11 is 0. The van der Waals surface area contributed by atoms with Gasteiger partial charge in [-0.2, -0.15) is 0 Å². The molecule has 0 aliphatic heterocycles. The van der Waals surface area contributed by atoms with E-state index < -0.39 is 0 Å². The molecule has 0 N–H and O–H groups in total. The van der Waals surface area contributed by atoms with Crippen LogP contribution in [0, 0.1) is 0 Å². The Hall–Kier alpha value is -1.97. The SMILES string of the molecule is COCCOCC1=Cc2cccc3cccc(c23)C1=O. The lowest BCUT2D eigenvalue weighted by Crippen LogP contribution is -2.15. The number of carbonyl (C=O) groups excluding carboxylic acids is 1. The second kappa shape index (κ2) is 5.57. The highest BCUT2D eigenvalue weighted by Gasteiger charge is 2.21. The molecule has 3 nitrogen and oxygen atoms in total. The Morgan fingerprint density at radius 1 is 1.05 bits per heavy atom. The van der Waals surface area contributed by atoms with E-state index in [0.29, 0.717) is 25.4 Å². The van der Waals surface area contributed by atoms with Crippen molar-refractivity contribution in [1.82, 2.24) is 0 Å². The van der Waals surface area contributed by atoms with Crippen LogP contribution in [0.3, 0.4) is 0 Å². The van der Waals surface area contributed by atoms with Crippen LogP contribution in [0.5, 0.6) is 0 Å². The molecule has 0 bridgehead atoms. The number of methoxy groups -OCH3 is 1. The van der Waals surface area contributed by atoms with E-state index in [4.69, 9.17) is 9.47 Å². The minimum atomic E-state index is 0.0618. The second-order valence-corrected chi connectivity index (χ2v) is 4.80. The first-order valence-corrected chi connectivity index (χ1v) is 6.65. The third-order valence-corrected chi connectivity index (χ3v) is 3.49. The van der Waals surface area contributed by atoms with Crippen molar-refractivity contribution < 1.29 is 14.3 Å². The molecule has 1 aliphatic rings. The van der Waals surface area contributed by atoms with E-state index in [1.165, 1.54) is 0 Å². The van der Waals surface area contributed by atoms with Crippen molar-refractivity contribution in [2.45, 2.75) is 0 Å². The number of hydrogen-bond donors (Lipinski definition) is 0. The molecule has 0 heterocycles. The third kappa shape index (κ3) is 2.26. The van der Waals surface area contributed by atoms with Gasteiger partial charge in [-0.3, -0.25) is 4.79 Å². The Labute approximate surface area is 117 Å². The van der Waals surface area contributed by atoms with Crippen molar-refractivity contribution in [1.29, 1.82) is 0 Å². The van der Waals surface area contributed by atoms with Gasteiger partial charge in [-0.05, 0) is 17.0 Å². The van der Waals surface area contributed by atoms with E-state index in [2.05, 4.69) is 0 Å². The van der Waals surface area contributed by atoms with Gasteiger partial charge in [0, 0.05) is 23.6 Å². The predicted octanol–water partition coefficient (Wildman–Crippen LogP) is 3.08. The number of benzene rings is 2. The number of rotatable bonds is 5. The molecule has 0 fully saturated rings. The maximum Gasteiger partial charge on any atom is 0.192 e. The van der Waals surface area contributed by atoms with Gasteiger partial charge in [-0.25, -0.2) is 0 Å². The normalized spacial score (nSPS) is 13.7. The molecule has 2 aromatic carbocycles. The van der Waals surface area contributed by atoms with Crippen molar-refractivity contribution in [2.24, 2.45) is 0 Å². The van der Waals surface area contributed by atoms with Crippen molar-refractivity contribution in [3.8, 4) is 0 Å². The molecular weight excluding hydrogens is 252 g/mol. The molecule has 0 saturated carbocycles. The largest absolute Gasteiger partial charge is 0.382 e. The van der Waals surface area contributed by atoms with Gasteiger partial charge in [0.05, 0.1) is 19.8 Å². The van der Waals surface area contributed by atoms with Crippen LogP contribution in [0.2, 0.25) is 0 Å². The molecular formula is C17H16O3. The molecule has 3 heteroatoms. The van der Waals surface area contributed by atoms with Gasteiger partial charge in [-0.15, -0.1) is 0 Å². The Morgan fingerprint density at radius 2 is 1.85 bits per heavy atom. The van der Waals surface area contributed by atoms with Gasteiger partial charge in [-0.1, -0.05) is 36.4 Å². The second-order valence-electron chi connectivity index (χ2n) is 4.80. The molecule has 0 aromatic heterocycles. The fourth-order valence-electron chi connectivity index (χ4n) is 2.54. The average Bonchev–Trinajstić information content (AvgIpc) is 2.48. The summed E-state index contributed by atoms with van der Waals surface area (Å²) in [6, 6.07) is 11.9. The van der Waals surface area contributed by atoms with Crippen LogP contribution in [0.4, 0.5) is 0 Å². The molecule has 0 radical (unpaired) electrons. The Morgan fingerprint density at radius 3 is 2.65 bits per heavy atom. The molecule has 20 heavy (non-hydrogen) atoms. The summed E-state index contributed by atoms with van der Waals surface area (Å²) in [7, 11) is 1.63. The highest BCUT2D eigenvalue weighted by atomic mass is 16.5. The molecule has 3 rings (SSSR count). The number of carbonyl (C=O) groups is 1. The van der Waals surface area contributed by atoms with Crippen LogP contribution in [0.25, 0.3) is 16.8 Å². The summed E-state index contributed by atoms with van der Waals surface area (Å²) in [6.07, 6.45) is 1.93. The van der Waals surface area contributed by atoms with Gasteiger partial charge in [0.25, 0.3) is 0 Å². The van der Waals surface area contributed by atoms with Crippen molar-refractivity contribution in [2.75, 3.05) is 26.9 Å². The average molecular weight is 268 g/mol. The first-order valence-electron chi connectivity index (χ1n) is 6.65. The van der Waals surface area contributed by atoms with E-state index in [-0.39, 0.29) is 5.78 Å². The summed E-state index contributed by atoms with van der Waals surface area (Å²) in [4.78, 5) is 12.5. The van der Waals surface area contributed by atoms with Crippen LogP contribution in [0.1, 0.15) is 15.9 Å². The highest BCUT2D eigenvalue weighted by Crippen LogP contribution is 2.31. The van der Waals surface area contributed by atoms with E-state index in [9.17, 15) is 4.79 Å².